The highest BCUT2D eigenvalue weighted by Gasteiger charge is 2.09. The number of aromatic nitrogens is 3. The lowest BCUT2D eigenvalue weighted by molar-refractivity contribution is 0.626. The van der Waals surface area contributed by atoms with Crippen LogP contribution in [0.2, 0.25) is 0 Å². The molecule has 1 heterocycles. The van der Waals surface area contributed by atoms with Crippen LogP contribution in [0.25, 0.3) is 5.69 Å². The van der Waals surface area contributed by atoms with Crippen molar-refractivity contribution in [2.45, 2.75) is 6.04 Å². The van der Waals surface area contributed by atoms with Gasteiger partial charge in [-0.05, 0) is 12.1 Å². The summed E-state index contributed by atoms with van der Waals surface area (Å²) >= 11 is 0. The van der Waals surface area contributed by atoms with E-state index in [-0.39, 0.29) is 6.04 Å². The van der Waals surface area contributed by atoms with Gasteiger partial charge in [-0.25, -0.2) is 5.43 Å². The molecule has 0 amide bonds. The number of nitrogens with zero attached hydrogens (tertiary/aromatic N) is 3. The van der Waals surface area contributed by atoms with E-state index in [4.69, 9.17) is 5.84 Å². The molecule has 16 heavy (non-hydrogen) atoms. The third-order valence-corrected chi connectivity index (χ3v) is 2.23. The first-order valence-corrected chi connectivity index (χ1v) is 4.91. The molecule has 3 N–H and O–H groups in total. The number of rotatable bonds is 4. The maximum Gasteiger partial charge on any atom is 0.105 e. The van der Waals surface area contributed by atoms with Crippen LogP contribution in [0.5, 0.6) is 0 Å². The lowest BCUT2D eigenvalue weighted by Crippen LogP contribution is -2.26. The van der Waals surface area contributed by atoms with Gasteiger partial charge in [0.05, 0.1) is 17.9 Å². The molecule has 0 saturated carbocycles. The fourth-order valence-electron chi connectivity index (χ4n) is 1.38. The predicted octanol–water partition coefficient (Wildman–Crippen LogP) is 0.958. The van der Waals surface area contributed by atoms with E-state index in [2.05, 4.69) is 22.2 Å². The lowest BCUT2D eigenvalue weighted by atomic mass is 10.2. The van der Waals surface area contributed by atoms with Gasteiger partial charge in [-0.15, -0.1) is 6.58 Å². The second-order valence-corrected chi connectivity index (χ2v) is 3.27. The van der Waals surface area contributed by atoms with E-state index in [1.165, 1.54) is 0 Å². The number of hydrogen-bond donors (Lipinski definition) is 2. The minimum absolute atomic E-state index is 0.183. The average molecular weight is 215 g/mol. The van der Waals surface area contributed by atoms with Crippen molar-refractivity contribution < 1.29 is 0 Å². The monoisotopic (exact) mass is 215 g/mol. The lowest BCUT2D eigenvalue weighted by Gasteiger charge is -2.05. The van der Waals surface area contributed by atoms with Gasteiger partial charge in [0.1, 0.15) is 5.69 Å². The third-order valence-electron chi connectivity index (χ3n) is 2.23. The van der Waals surface area contributed by atoms with Gasteiger partial charge in [-0.2, -0.15) is 15.0 Å². The Bertz CT molecular complexity index is 462. The largest absolute Gasteiger partial charge is 0.271 e. The van der Waals surface area contributed by atoms with E-state index < -0.39 is 0 Å². The molecule has 0 aliphatic heterocycles. The Labute approximate surface area is 93.5 Å². The zero-order chi connectivity index (χ0) is 11.4. The molecule has 2 rings (SSSR count). The molecule has 0 bridgehead atoms. The van der Waals surface area contributed by atoms with Crippen molar-refractivity contribution in [1.82, 2.24) is 20.4 Å². The highest BCUT2D eigenvalue weighted by Crippen LogP contribution is 2.10. The van der Waals surface area contributed by atoms with E-state index in [0.29, 0.717) is 0 Å². The zero-order valence-corrected chi connectivity index (χ0v) is 8.74. The van der Waals surface area contributed by atoms with Crippen LogP contribution >= 0.6 is 0 Å². The van der Waals surface area contributed by atoms with Gasteiger partial charge in [0.2, 0.25) is 0 Å². The molecule has 1 aromatic carbocycles. The predicted molar refractivity (Wildman–Crippen MR) is 61.6 cm³/mol. The van der Waals surface area contributed by atoms with E-state index >= 15 is 0 Å². The van der Waals surface area contributed by atoms with Crippen molar-refractivity contribution in [2.24, 2.45) is 5.84 Å². The molecule has 5 heteroatoms. The van der Waals surface area contributed by atoms with Crippen LogP contribution in [0.3, 0.4) is 0 Å². The van der Waals surface area contributed by atoms with Gasteiger partial charge in [0.25, 0.3) is 0 Å². The first-order chi connectivity index (χ1) is 7.85. The number of benzene rings is 1. The fraction of sp³-hybridized carbons (Fsp3) is 0.0909. The molecule has 1 unspecified atom stereocenters. The Morgan fingerprint density at radius 3 is 2.75 bits per heavy atom. The quantitative estimate of drug-likeness (QED) is 0.453. The Morgan fingerprint density at radius 1 is 1.38 bits per heavy atom. The smallest absolute Gasteiger partial charge is 0.105 e. The zero-order valence-electron chi connectivity index (χ0n) is 8.74. The summed E-state index contributed by atoms with van der Waals surface area (Å²) in [6.07, 6.45) is 3.35. The van der Waals surface area contributed by atoms with E-state index in [0.717, 1.165) is 11.4 Å². The third kappa shape index (κ3) is 2.00. The van der Waals surface area contributed by atoms with Gasteiger partial charge in [-0.3, -0.25) is 5.84 Å². The molecule has 82 valence electrons. The minimum Gasteiger partial charge on any atom is -0.271 e. The van der Waals surface area contributed by atoms with Crippen molar-refractivity contribution >= 4 is 0 Å². The molecular weight excluding hydrogens is 202 g/mol. The Balaban J connectivity index is 2.29. The maximum absolute atomic E-state index is 5.36. The molecule has 0 aliphatic rings. The second kappa shape index (κ2) is 4.69. The molecule has 2 aromatic rings. The highest BCUT2D eigenvalue weighted by molar-refractivity contribution is 5.28. The van der Waals surface area contributed by atoms with Crippen molar-refractivity contribution in [1.29, 1.82) is 0 Å². The molecule has 0 radical (unpaired) electrons. The summed E-state index contributed by atoms with van der Waals surface area (Å²) in [5.74, 6) is 5.36. The van der Waals surface area contributed by atoms with Crippen LogP contribution in [0.4, 0.5) is 0 Å². The summed E-state index contributed by atoms with van der Waals surface area (Å²) in [6, 6.07) is 9.50. The average Bonchev–Trinajstić information content (AvgIpc) is 2.81. The molecule has 0 fully saturated rings. The molecule has 0 saturated heterocycles. The Morgan fingerprint density at radius 2 is 2.12 bits per heavy atom. The van der Waals surface area contributed by atoms with Crippen LogP contribution < -0.4 is 11.3 Å². The van der Waals surface area contributed by atoms with Gasteiger partial charge in [-0.1, -0.05) is 24.3 Å². The van der Waals surface area contributed by atoms with Crippen LogP contribution in [0.1, 0.15) is 11.7 Å². The van der Waals surface area contributed by atoms with Crippen molar-refractivity contribution in [3.63, 3.8) is 0 Å². The summed E-state index contributed by atoms with van der Waals surface area (Å²) in [7, 11) is 0. The van der Waals surface area contributed by atoms with E-state index in [1.54, 1.807) is 17.1 Å². The number of hydrogen-bond acceptors (Lipinski definition) is 4. The van der Waals surface area contributed by atoms with Gasteiger partial charge in [0.15, 0.2) is 0 Å². The van der Waals surface area contributed by atoms with Crippen LogP contribution in [-0.4, -0.2) is 15.0 Å². The molecule has 0 aliphatic carbocycles. The fourth-order valence-corrected chi connectivity index (χ4v) is 1.38. The highest BCUT2D eigenvalue weighted by atomic mass is 15.5. The summed E-state index contributed by atoms with van der Waals surface area (Å²) in [6.45, 7) is 3.67. The Hall–Kier alpha value is -1.98. The number of nitrogens with one attached hydrogen (secondary N) is 1. The van der Waals surface area contributed by atoms with Crippen LogP contribution in [0, 0.1) is 0 Å². The molecular formula is C11H13N5. The molecule has 5 nitrogen and oxygen atoms in total. The summed E-state index contributed by atoms with van der Waals surface area (Å²) in [5, 5.41) is 8.48. The van der Waals surface area contributed by atoms with Gasteiger partial charge in [0, 0.05) is 0 Å². The van der Waals surface area contributed by atoms with Gasteiger partial charge >= 0.3 is 0 Å². The van der Waals surface area contributed by atoms with Crippen molar-refractivity contribution in [3.8, 4) is 5.69 Å². The topological polar surface area (TPSA) is 68.8 Å². The van der Waals surface area contributed by atoms with Gasteiger partial charge < -0.3 is 0 Å². The maximum atomic E-state index is 5.36. The number of para-hydroxylation sites is 1. The van der Waals surface area contributed by atoms with E-state index in [1.807, 2.05) is 30.3 Å². The molecule has 1 aromatic heterocycles. The molecule has 0 spiro atoms. The SMILES string of the molecule is C=CC(NN)c1cnn(-c2ccccc2)n1. The first kappa shape index (κ1) is 10.5. The summed E-state index contributed by atoms with van der Waals surface area (Å²) < 4.78 is 0. The molecule has 1 atom stereocenters. The van der Waals surface area contributed by atoms with Crippen molar-refractivity contribution in [3.05, 3.63) is 54.9 Å². The standard InChI is InChI=1S/C11H13N5/c1-2-10(14-12)11-8-13-16(15-11)9-6-4-3-5-7-9/h2-8,10,14H,1,12H2. The van der Waals surface area contributed by atoms with Crippen LogP contribution in [0.15, 0.2) is 49.2 Å². The number of nitrogens with two attached hydrogens (primary N) is 1. The second-order valence-electron chi connectivity index (χ2n) is 3.27. The minimum atomic E-state index is -0.183. The van der Waals surface area contributed by atoms with E-state index in [9.17, 15) is 0 Å². The first-order valence-electron chi connectivity index (χ1n) is 4.91. The number of hydrazine groups is 1. The van der Waals surface area contributed by atoms with Crippen LogP contribution in [-0.2, 0) is 0 Å². The van der Waals surface area contributed by atoms with Crippen molar-refractivity contribution in [2.75, 3.05) is 0 Å². The summed E-state index contributed by atoms with van der Waals surface area (Å²) in [4.78, 5) is 1.56. The Kier molecular flexibility index (Phi) is 3.09. The summed E-state index contributed by atoms with van der Waals surface area (Å²) in [5.41, 5.74) is 4.25. The normalized spacial score (nSPS) is 12.3.